The lowest BCUT2D eigenvalue weighted by Crippen LogP contribution is -2.21. The van der Waals surface area contributed by atoms with Gasteiger partial charge in [0.1, 0.15) is 11.6 Å². The van der Waals surface area contributed by atoms with Crippen molar-refractivity contribution in [3.63, 3.8) is 0 Å². The normalized spacial score (nSPS) is 14.6. The second-order valence-electron chi connectivity index (χ2n) is 8.74. The van der Waals surface area contributed by atoms with Crippen LogP contribution in [0.15, 0.2) is 60.8 Å². The van der Waals surface area contributed by atoms with Crippen LogP contribution in [0.3, 0.4) is 0 Å². The van der Waals surface area contributed by atoms with Crippen molar-refractivity contribution in [3.8, 4) is 0 Å². The largest absolute Gasteiger partial charge is 0.416 e. The van der Waals surface area contributed by atoms with Gasteiger partial charge < -0.3 is 16.0 Å². The third-order valence-electron chi connectivity index (χ3n) is 5.98. The van der Waals surface area contributed by atoms with E-state index in [-0.39, 0.29) is 33.5 Å². The number of rotatable bonds is 5. The van der Waals surface area contributed by atoms with E-state index in [9.17, 15) is 31.5 Å². The van der Waals surface area contributed by atoms with Crippen molar-refractivity contribution in [2.75, 3.05) is 10.6 Å². The zero-order chi connectivity index (χ0) is 28.1. The minimum Gasteiger partial charge on any atom is -0.341 e. The molecule has 5 rings (SSSR count). The summed E-state index contributed by atoms with van der Waals surface area (Å²) in [4.78, 5) is 26.1. The summed E-state index contributed by atoms with van der Waals surface area (Å²) in [5.74, 6) is -3.12. The van der Waals surface area contributed by atoms with Crippen molar-refractivity contribution < 1.29 is 31.5 Å². The Morgan fingerprint density at radius 3 is 2.51 bits per heavy atom. The van der Waals surface area contributed by atoms with Crippen LogP contribution in [0.25, 0.3) is 0 Å². The number of aromatic nitrogens is 2. The first kappa shape index (κ1) is 26.2. The molecular formula is C26H17ClF5N5O2. The number of anilines is 3. The zero-order valence-electron chi connectivity index (χ0n) is 19.8. The number of nitrogens with zero attached hydrogens (tertiary/aromatic N) is 2. The first-order valence-corrected chi connectivity index (χ1v) is 11.7. The molecule has 0 aliphatic carbocycles. The maximum absolute atomic E-state index is 14.1. The predicted octanol–water partition coefficient (Wildman–Crippen LogP) is 6.20. The highest BCUT2D eigenvalue weighted by molar-refractivity contribution is 6.31. The van der Waals surface area contributed by atoms with Gasteiger partial charge in [0.25, 0.3) is 11.8 Å². The van der Waals surface area contributed by atoms with Crippen LogP contribution in [0.1, 0.15) is 43.4 Å². The van der Waals surface area contributed by atoms with Gasteiger partial charge in [-0.05, 0) is 48.5 Å². The maximum Gasteiger partial charge on any atom is 0.416 e. The Bertz CT molecular complexity index is 1640. The van der Waals surface area contributed by atoms with Gasteiger partial charge in [-0.25, -0.2) is 8.78 Å². The number of fused-ring (bicyclic) bond motifs is 1. The molecule has 0 spiro atoms. The van der Waals surface area contributed by atoms with E-state index >= 15 is 0 Å². The molecule has 1 atom stereocenters. The number of amides is 2. The molecule has 7 nitrogen and oxygen atoms in total. The Hall–Kier alpha value is -4.45. The molecule has 2 amide bonds. The Kier molecular flexibility index (Phi) is 6.51. The number of halogens is 6. The summed E-state index contributed by atoms with van der Waals surface area (Å²) in [6, 6.07) is 8.55. The first-order valence-electron chi connectivity index (χ1n) is 11.3. The standard InChI is InChI=1S/C26H17ClF5N5O2/c1-37-5-4-21(36-37)33-16-10-18-22(23(35-25(18)39)17-9-14(28)2-3-19(17)27)20(11-16)34-24(38)12-6-13(26(30,31)32)8-15(29)7-12/h2-11,23H,1H3,(H,33,36)(H,34,38)(H,35,39)/t23-/m0/s1. The summed E-state index contributed by atoms with van der Waals surface area (Å²) >= 11 is 6.29. The molecule has 0 saturated carbocycles. The van der Waals surface area contributed by atoms with Gasteiger partial charge in [-0.3, -0.25) is 14.3 Å². The van der Waals surface area contributed by atoms with Crippen molar-refractivity contribution in [2.24, 2.45) is 7.05 Å². The molecule has 13 heteroatoms. The number of aryl methyl sites for hydroxylation is 1. The van der Waals surface area contributed by atoms with Crippen LogP contribution < -0.4 is 16.0 Å². The van der Waals surface area contributed by atoms with E-state index in [0.717, 1.165) is 12.1 Å². The molecule has 200 valence electrons. The van der Waals surface area contributed by atoms with Crippen LogP contribution >= 0.6 is 11.6 Å². The number of benzene rings is 3. The monoisotopic (exact) mass is 561 g/mol. The first-order chi connectivity index (χ1) is 18.4. The molecule has 2 heterocycles. The number of hydrogen-bond acceptors (Lipinski definition) is 4. The fourth-order valence-corrected chi connectivity index (χ4v) is 4.51. The van der Waals surface area contributed by atoms with E-state index in [1.165, 1.54) is 22.9 Å². The van der Waals surface area contributed by atoms with Crippen LogP contribution in [0.2, 0.25) is 5.02 Å². The van der Waals surface area contributed by atoms with Gasteiger partial charge in [-0.2, -0.15) is 18.3 Å². The molecule has 39 heavy (non-hydrogen) atoms. The fourth-order valence-electron chi connectivity index (χ4n) is 4.29. The van der Waals surface area contributed by atoms with Crippen molar-refractivity contribution in [1.29, 1.82) is 0 Å². The summed E-state index contributed by atoms with van der Waals surface area (Å²) in [5.41, 5.74) is -1.17. The SMILES string of the molecule is Cn1ccc(Nc2cc(NC(=O)c3cc(F)cc(C(F)(F)F)c3)c3c(c2)C(=O)N[C@H]3c2cc(F)ccc2Cl)n1. The van der Waals surface area contributed by atoms with Gasteiger partial charge in [0, 0.05) is 58.0 Å². The van der Waals surface area contributed by atoms with Gasteiger partial charge in [-0.1, -0.05) is 11.6 Å². The van der Waals surface area contributed by atoms with Crippen LogP contribution in [-0.2, 0) is 13.2 Å². The van der Waals surface area contributed by atoms with Crippen molar-refractivity contribution in [3.05, 3.63) is 105 Å². The van der Waals surface area contributed by atoms with Crippen molar-refractivity contribution in [1.82, 2.24) is 15.1 Å². The Labute approximate surface area is 222 Å². The molecule has 0 unspecified atom stereocenters. The van der Waals surface area contributed by atoms with Gasteiger partial charge >= 0.3 is 6.18 Å². The number of alkyl halides is 3. The van der Waals surface area contributed by atoms with Gasteiger partial charge in [0.2, 0.25) is 0 Å². The molecule has 3 N–H and O–H groups in total. The average Bonchev–Trinajstić information content (AvgIpc) is 3.42. The molecule has 4 aromatic rings. The topological polar surface area (TPSA) is 88.0 Å². The highest BCUT2D eigenvalue weighted by atomic mass is 35.5. The highest BCUT2D eigenvalue weighted by Gasteiger charge is 2.36. The maximum atomic E-state index is 14.1. The number of carbonyl (C=O) groups excluding carboxylic acids is 2. The summed E-state index contributed by atoms with van der Waals surface area (Å²) in [5, 5.41) is 12.5. The molecular weight excluding hydrogens is 545 g/mol. The van der Waals surface area contributed by atoms with Crippen LogP contribution in [0.5, 0.6) is 0 Å². The molecule has 0 saturated heterocycles. The second-order valence-corrected chi connectivity index (χ2v) is 9.14. The molecule has 0 bridgehead atoms. The Morgan fingerprint density at radius 2 is 1.82 bits per heavy atom. The van der Waals surface area contributed by atoms with E-state index in [2.05, 4.69) is 21.0 Å². The molecule has 3 aromatic carbocycles. The summed E-state index contributed by atoms with van der Waals surface area (Å²) < 4.78 is 69.3. The average molecular weight is 562 g/mol. The van der Waals surface area contributed by atoms with E-state index in [1.54, 1.807) is 19.3 Å². The van der Waals surface area contributed by atoms with Gasteiger partial charge in [-0.15, -0.1) is 0 Å². The third kappa shape index (κ3) is 5.28. The van der Waals surface area contributed by atoms with E-state index < -0.39 is 46.8 Å². The second kappa shape index (κ2) is 9.70. The fraction of sp³-hybridized carbons (Fsp3) is 0.115. The lowest BCUT2D eigenvalue weighted by atomic mass is 9.95. The smallest absolute Gasteiger partial charge is 0.341 e. The van der Waals surface area contributed by atoms with Gasteiger partial charge in [0.15, 0.2) is 5.82 Å². The number of hydrogen-bond donors (Lipinski definition) is 3. The van der Waals surface area contributed by atoms with E-state index in [1.807, 2.05) is 0 Å². The van der Waals surface area contributed by atoms with Crippen LogP contribution in [0, 0.1) is 11.6 Å². The van der Waals surface area contributed by atoms with Gasteiger partial charge in [0.05, 0.1) is 11.6 Å². The quantitative estimate of drug-likeness (QED) is 0.253. The van der Waals surface area contributed by atoms with E-state index in [0.29, 0.717) is 23.6 Å². The summed E-state index contributed by atoms with van der Waals surface area (Å²) in [6.45, 7) is 0. The van der Waals surface area contributed by atoms with E-state index in [4.69, 9.17) is 11.6 Å². The highest BCUT2D eigenvalue weighted by Crippen LogP contribution is 2.41. The van der Waals surface area contributed by atoms with Crippen molar-refractivity contribution in [2.45, 2.75) is 12.2 Å². The molecule has 0 fully saturated rings. The summed E-state index contributed by atoms with van der Waals surface area (Å²) in [6.07, 6.45) is -3.23. The Balaban J connectivity index is 1.62. The zero-order valence-corrected chi connectivity index (χ0v) is 20.6. The lowest BCUT2D eigenvalue weighted by molar-refractivity contribution is -0.137. The van der Waals surface area contributed by atoms with Crippen LogP contribution in [0.4, 0.5) is 39.1 Å². The predicted molar refractivity (Wildman–Crippen MR) is 133 cm³/mol. The number of nitrogens with one attached hydrogen (secondary N) is 3. The minimum atomic E-state index is -4.89. The summed E-state index contributed by atoms with van der Waals surface area (Å²) in [7, 11) is 1.69. The molecule has 1 aliphatic heterocycles. The number of carbonyl (C=O) groups is 2. The minimum absolute atomic E-state index is 0.00238. The van der Waals surface area contributed by atoms with Crippen molar-refractivity contribution >= 4 is 40.6 Å². The molecule has 0 radical (unpaired) electrons. The lowest BCUT2D eigenvalue weighted by Gasteiger charge is -2.19. The molecule has 1 aliphatic rings. The third-order valence-corrected chi connectivity index (χ3v) is 6.32. The Morgan fingerprint density at radius 1 is 1.05 bits per heavy atom. The van der Waals surface area contributed by atoms with Crippen LogP contribution in [-0.4, -0.2) is 21.6 Å². The molecule has 1 aromatic heterocycles.